The highest BCUT2D eigenvalue weighted by molar-refractivity contribution is 5.94. The van der Waals surface area contributed by atoms with Crippen molar-refractivity contribution in [2.24, 2.45) is 0 Å². The fourth-order valence-corrected chi connectivity index (χ4v) is 4.20. The van der Waals surface area contributed by atoms with E-state index in [0.717, 1.165) is 29.2 Å². The normalized spacial score (nSPS) is 13.8. The maximum absolute atomic E-state index is 13.1. The van der Waals surface area contributed by atoms with Crippen LogP contribution in [0.5, 0.6) is 11.5 Å². The molecule has 3 aromatic rings. The minimum Gasteiger partial charge on any atom is -0.505 e. The summed E-state index contributed by atoms with van der Waals surface area (Å²) in [4.78, 5) is 25.5. The molecule has 0 fully saturated rings. The highest BCUT2D eigenvalue weighted by atomic mass is 16.5. The van der Waals surface area contributed by atoms with Crippen LogP contribution in [-0.4, -0.2) is 27.9 Å². The Morgan fingerprint density at radius 1 is 1.16 bits per heavy atom. The minimum absolute atomic E-state index is 0.216. The van der Waals surface area contributed by atoms with Gasteiger partial charge in [-0.25, -0.2) is 0 Å². The Hall–Kier alpha value is -3.61. The molecule has 1 unspecified atom stereocenters. The number of aryl methyl sites for hydroxylation is 2. The molecule has 2 aromatic carbocycles. The number of nitrogens with zero attached hydrogens (tertiary/aromatic N) is 2. The lowest BCUT2D eigenvalue weighted by atomic mass is 9.89. The number of para-hydroxylation sites is 2. The van der Waals surface area contributed by atoms with Gasteiger partial charge in [0.15, 0.2) is 11.4 Å². The number of aromatic hydroxyl groups is 1. The van der Waals surface area contributed by atoms with E-state index >= 15 is 0 Å². The van der Waals surface area contributed by atoms with Gasteiger partial charge in [-0.05, 0) is 60.9 Å². The Kier molecular flexibility index (Phi) is 6.25. The van der Waals surface area contributed by atoms with E-state index in [-0.39, 0.29) is 11.7 Å². The number of nitrogens with one attached hydrogen (secondary N) is 1. The van der Waals surface area contributed by atoms with Crippen molar-refractivity contribution in [3.8, 4) is 17.2 Å². The molecule has 2 N–H and O–H groups in total. The summed E-state index contributed by atoms with van der Waals surface area (Å²) in [5, 5.41) is 17.4. The summed E-state index contributed by atoms with van der Waals surface area (Å²) in [7, 11) is 1.49. The number of carbonyl (C=O) groups is 1. The number of amides is 1. The van der Waals surface area contributed by atoms with Gasteiger partial charge in [0, 0.05) is 6.07 Å². The van der Waals surface area contributed by atoms with Crippen molar-refractivity contribution in [2.75, 3.05) is 7.11 Å². The van der Waals surface area contributed by atoms with Crippen LogP contribution >= 0.6 is 0 Å². The van der Waals surface area contributed by atoms with E-state index in [0.29, 0.717) is 17.9 Å². The van der Waals surface area contributed by atoms with E-state index in [4.69, 9.17) is 4.74 Å². The predicted octanol–water partition coefficient (Wildman–Crippen LogP) is 3.71. The fourth-order valence-electron chi connectivity index (χ4n) is 4.20. The van der Waals surface area contributed by atoms with Crippen molar-refractivity contribution < 1.29 is 14.6 Å². The van der Waals surface area contributed by atoms with Crippen molar-refractivity contribution in [3.63, 3.8) is 0 Å². The SMILES string of the molecule is CCC(NC(=O)c1nn(-c2ccccc2OC)c(=O)cc1O)c1ccc2c(c1)CCCC2. The Morgan fingerprint density at radius 3 is 2.66 bits per heavy atom. The fraction of sp³-hybridized carbons (Fsp3) is 0.320. The molecule has 0 spiro atoms. The molecule has 0 radical (unpaired) electrons. The zero-order chi connectivity index (χ0) is 22.7. The second-order valence-corrected chi connectivity index (χ2v) is 7.97. The lowest BCUT2D eigenvalue weighted by Gasteiger charge is -2.22. The Labute approximate surface area is 186 Å². The lowest BCUT2D eigenvalue weighted by Crippen LogP contribution is -2.32. The molecule has 1 amide bonds. The molecule has 0 bridgehead atoms. The Bertz CT molecular complexity index is 1200. The molecule has 0 saturated heterocycles. The number of ether oxygens (including phenoxy) is 1. The zero-order valence-corrected chi connectivity index (χ0v) is 18.3. The van der Waals surface area contributed by atoms with E-state index in [9.17, 15) is 14.7 Å². The number of hydrogen-bond acceptors (Lipinski definition) is 5. The zero-order valence-electron chi connectivity index (χ0n) is 18.3. The standard InChI is InChI=1S/C25H27N3O4/c1-3-19(18-13-12-16-8-4-5-9-17(16)14-18)26-25(31)24-21(29)15-23(30)28(27-24)20-10-6-7-11-22(20)32-2/h6-7,10-15,19,29H,3-5,8-9H2,1-2H3,(H,26,31). The van der Waals surface area contributed by atoms with E-state index in [1.807, 2.05) is 6.92 Å². The van der Waals surface area contributed by atoms with E-state index in [1.54, 1.807) is 24.3 Å². The molecule has 1 heterocycles. The number of methoxy groups -OCH3 is 1. The first-order chi connectivity index (χ1) is 15.5. The number of aromatic nitrogens is 2. The molecule has 0 saturated carbocycles. The third-order valence-corrected chi connectivity index (χ3v) is 5.93. The van der Waals surface area contributed by atoms with Gasteiger partial charge in [0.05, 0.1) is 13.2 Å². The molecular weight excluding hydrogens is 406 g/mol. The highest BCUT2D eigenvalue weighted by Crippen LogP contribution is 2.27. The minimum atomic E-state index is -0.565. The van der Waals surface area contributed by atoms with Gasteiger partial charge in [-0.15, -0.1) is 0 Å². The summed E-state index contributed by atoms with van der Waals surface area (Å²) in [5.41, 5.74) is 3.35. The van der Waals surface area contributed by atoms with Crippen molar-refractivity contribution >= 4 is 5.91 Å². The molecular formula is C25H27N3O4. The van der Waals surface area contributed by atoms with Gasteiger partial charge < -0.3 is 15.2 Å². The Morgan fingerprint density at radius 2 is 1.91 bits per heavy atom. The van der Waals surface area contributed by atoms with Gasteiger partial charge in [0.1, 0.15) is 11.4 Å². The molecule has 0 aliphatic heterocycles. The molecule has 166 valence electrons. The quantitative estimate of drug-likeness (QED) is 0.618. The topological polar surface area (TPSA) is 93.5 Å². The van der Waals surface area contributed by atoms with Crippen molar-refractivity contribution in [1.29, 1.82) is 0 Å². The second kappa shape index (κ2) is 9.26. The molecule has 4 rings (SSSR count). The molecule has 32 heavy (non-hydrogen) atoms. The van der Waals surface area contributed by atoms with Crippen LogP contribution < -0.4 is 15.6 Å². The average molecular weight is 434 g/mol. The summed E-state index contributed by atoms with van der Waals surface area (Å²) < 4.78 is 6.37. The van der Waals surface area contributed by atoms with Crippen LogP contribution in [0.15, 0.2) is 53.3 Å². The average Bonchev–Trinajstić information content (AvgIpc) is 2.82. The molecule has 1 aliphatic carbocycles. The molecule has 7 nitrogen and oxygen atoms in total. The Balaban J connectivity index is 1.65. The second-order valence-electron chi connectivity index (χ2n) is 7.97. The number of rotatable bonds is 6. The first-order valence-electron chi connectivity index (χ1n) is 10.9. The van der Waals surface area contributed by atoms with Crippen LogP contribution in [0.3, 0.4) is 0 Å². The van der Waals surface area contributed by atoms with Crippen LogP contribution in [0.2, 0.25) is 0 Å². The number of carbonyl (C=O) groups excluding carboxylic acids is 1. The van der Waals surface area contributed by atoms with Crippen LogP contribution in [0, 0.1) is 0 Å². The van der Waals surface area contributed by atoms with Crippen LogP contribution in [0.4, 0.5) is 0 Å². The molecule has 7 heteroatoms. The van der Waals surface area contributed by atoms with Crippen molar-refractivity contribution in [3.05, 3.63) is 81.3 Å². The lowest BCUT2D eigenvalue weighted by molar-refractivity contribution is 0.0925. The summed E-state index contributed by atoms with van der Waals surface area (Å²) >= 11 is 0. The van der Waals surface area contributed by atoms with Gasteiger partial charge in [0.25, 0.3) is 11.5 Å². The monoisotopic (exact) mass is 433 g/mol. The largest absolute Gasteiger partial charge is 0.505 e. The number of benzene rings is 2. The van der Waals surface area contributed by atoms with Crippen LogP contribution in [-0.2, 0) is 12.8 Å². The van der Waals surface area contributed by atoms with Gasteiger partial charge in [-0.2, -0.15) is 9.78 Å². The summed E-state index contributed by atoms with van der Waals surface area (Å²) in [6.45, 7) is 1.99. The van der Waals surface area contributed by atoms with Crippen molar-refractivity contribution in [2.45, 2.75) is 45.1 Å². The van der Waals surface area contributed by atoms with Gasteiger partial charge in [0.2, 0.25) is 0 Å². The van der Waals surface area contributed by atoms with E-state index in [2.05, 4.69) is 28.6 Å². The van der Waals surface area contributed by atoms with Crippen LogP contribution in [0.25, 0.3) is 5.69 Å². The van der Waals surface area contributed by atoms with Gasteiger partial charge in [-0.1, -0.05) is 37.3 Å². The third kappa shape index (κ3) is 4.23. The van der Waals surface area contributed by atoms with Crippen molar-refractivity contribution in [1.82, 2.24) is 15.1 Å². The maximum Gasteiger partial charge on any atom is 0.276 e. The summed E-state index contributed by atoms with van der Waals surface area (Å²) in [5.74, 6) is -0.575. The van der Waals surface area contributed by atoms with Crippen LogP contribution in [0.1, 0.15) is 59.4 Å². The smallest absolute Gasteiger partial charge is 0.276 e. The molecule has 1 aliphatic rings. The van der Waals surface area contributed by atoms with E-state index < -0.39 is 17.2 Å². The number of hydrogen-bond donors (Lipinski definition) is 2. The number of fused-ring (bicyclic) bond motifs is 1. The molecule has 1 aromatic heterocycles. The third-order valence-electron chi connectivity index (χ3n) is 5.93. The predicted molar refractivity (Wildman–Crippen MR) is 122 cm³/mol. The molecule has 1 atom stereocenters. The van der Waals surface area contributed by atoms with E-state index in [1.165, 1.54) is 31.1 Å². The first kappa shape index (κ1) is 21.6. The maximum atomic E-state index is 13.1. The summed E-state index contributed by atoms with van der Waals surface area (Å²) in [6, 6.07) is 14.0. The first-order valence-corrected chi connectivity index (χ1v) is 10.9. The highest BCUT2D eigenvalue weighted by Gasteiger charge is 2.22. The van der Waals surface area contributed by atoms with Gasteiger partial charge in [-0.3, -0.25) is 9.59 Å². The summed E-state index contributed by atoms with van der Waals surface area (Å²) in [6.07, 6.45) is 5.23. The van der Waals surface area contributed by atoms with Gasteiger partial charge >= 0.3 is 0 Å².